The largest absolute Gasteiger partial charge is 0.348 e. The summed E-state index contributed by atoms with van der Waals surface area (Å²) in [5.74, 6) is 5.24. The summed E-state index contributed by atoms with van der Waals surface area (Å²) < 4.78 is 0. The normalized spacial score (nSPS) is 10.3. The highest BCUT2D eigenvalue weighted by molar-refractivity contribution is 5.99. The summed E-state index contributed by atoms with van der Waals surface area (Å²) in [5.41, 5.74) is 6.57. The van der Waals surface area contributed by atoms with E-state index in [-0.39, 0.29) is 5.91 Å². The number of carbonyl (C=O) groups excluding carboxylic acids is 1. The Balaban J connectivity index is 2.12. The first-order valence-corrected chi connectivity index (χ1v) is 5.96. The van der Waals surface area contributed by atoms with Crippen molar-refractivity contribution in [3.63, 3.8) is 0 Å². The number of hydrogen-bond acceptors (Lipinski definition) is 4. The van der Waals surface area contributed by atoms with Gasteiger partial charge in [0.25, 0.3) is 5.91 Å². The number of nitrogens with one attached hydrogen (secondary N) is 3. The summed E-state index contributed by atoms with van der Waals surface area (Å²) in [6.07, 6.45) is 1.70. The molecular formula is C13H17N5O. The molecule has 0 aliphatic heterocycles. The molecule has 0 radical (unpaired) electrons. The Morgan fingerprint density at radius 1 is 1.42 bits per heavy atom. The molecule has 5 N–H and O–H groups in total. The number of hydrazine groups is 1. The second kappa shape index (κ2) is 5.53. The van der Waals surface area contributed by atoms with Crippen molar-refractivity contribution in [2.45, 2.75) is 20.4 Å². The quantitative estimate of drug-likeness (QED) is 0.490. The number of carbonyl (C=O) groups is 1. The zero-order valence-corrected chi connectivity index (χ0v) is 10.9. The van der Waals surface area contributed by atoms with Gasteiger partial charge in [0.05, 0.1) is 17.4 Å². The van der Waals surface area contributed by atoms with Crippen LogP contribution in [0.2, 0.25) is 0 Å². The molecule has 0 aliphatic rings. The van der Waals surface area contributed by atoms with Crippen LogP contribution in [0.15, 0.2) is 24.4 Å². The van der Waals surface area contributed by atoms with Crippen molar-refractivity contribution >= 4 is 11.6 Å². The molecular weight excluding hydrogens is 242 g/mol. The average Bonchev–Trinajstić information content (AvgIpc) is 2.81. The number of hydrogen-bond donors (Lipinski definition) is 4. The zero-order valence-electron chi connectivity index (χ0n) is 10.9. The van der Waals surface area contributed by atoms with Crippen molar-refractivity contribution in [3.8, 4) is 0 Å². The third-order valence-corrected chi connectivity index (χ3v) is 2.95. The Bertz CT molecular complexity index is 590. The van der Waals surface area contributed by atoms with E-state index in [1.807, 2.05) is 19.9 Å². The predicted octanol–water partition coefficient (Wildman–Crippen LogP) is 1.24. The summed E-state index contributed by atoms with van der Waals surface area (Å²) in [5, 5.41) is 9.59. The molecule has 100 valence electrons. The van der Waals surface area contributed by atoms with Gasteiger partial charge in [0.2, 0.25) is 0 Å². The van der Waals surface area contributed by atoms with Gasteiger partial charge >= 0.3 is 0 Å². The fourth-order valence-electron chi connectivity index (χ4n) is 1.80. The molecule has 0 saturated heterocycles. The Kier molecular flexibility index (Phi) is 3.82. The first kappa shape index (κ1) is 13.1. The minimum atomic E-state index is -0.169. The van der Waals surface area contributed by atoms with E-state index in [0.717, 1.165) is 16.8 Å². The fourth-order valence-corrected chi connectivity index (χ4v) is 1.80. The number of aromatic amines is 1. The lowest BCUT2D eigenvalue weighted by molar-refractivity contribution is 0.0951. The van der Waals surface area contributed by atoms with E-state index in [9.17, 15) is 4.79 Å². The van der Waals surface area contributed by atoms with Crippen molar-refractivity contribution in [1.29, 1.82) is 0 Å². The Labute approximate surface area is 111 Å². The highest BCUT2D eigenvalue weighted by Gasteiger charge is 2.11. The summed E-state index contributed by atoms with van der Waals surface area (Å²) in [4.78, 5) is 12.1. The number of rotatable bonds is 4. The van der Waals surface area contributed by atoms with Crippen molar-refractivity contribution in [2.75, 3.05) is 5.43 Å². The minimum absolute atomic E-state index is 0.169. The van der Waals surface area contributed by atoms with Gasteiger partial charge in [-0.25, -0.2) is 0 Å². The van der Waals surface area contributed by atoms with Gasteiger partial charge in [-0.05, 0) is 26.0 Å². The smallest absolute Gasteiger partial charge is 0.253 e. The van der Waals surface area contributed by atoms with Gasteiger partial charge < -0.3 is 10.7 Å². The van der Waals surface area contributed by atoms with Crippen LogP contribution in [0, 0.1) is 13.8 Å². The topological polar surface area (TPSA) is 95.8 Å². The summed E-state index contributed by atoms with van der Waals surface area (Å²) in [6.45, 7) is 4.27. The lowest BCUT2D eigenvalue weighted by atomic mass is 10.1. The predicted molar refractivity (Wildman–Crippen MR) is 73.5 cm³/mol. The van der Waals surface area contributed by atoms with Crippen LogP contribution in [-0.4, -0.2) is 16.1 Å². The number of H-pyrrole nitrogens is 1. The van der Waals surface area contributed by atoms with Crippen LogP contribution in [0.25, 0.3) is 0 Å². The maximum Gasteiger partial charge on any atom is 0.253 e. The van der Waals surface area contributed by atoms with E-state index in [2.05, 4.69) is 20.9 Å². The van der Waals surface area contributed by atoms with Crippen LogP contribution in [0.3, 0.4) is 0 Å². The number of nitrogens with zero attached hydrogens (tertiary/aromatic N) is 1. The molecule has 0 aliphatic carbocycles. The molecule has 1 heterocycles. The van der Waals surface area contributed by atoms with Crippen molar-refractivity contribution < 1.29 is 4.79 Å². The molecule has 0 saturated carbocycles. The van der Waals surface area contributed by atoms with Gasteiger partial charge in [0.1, 0.15) is 0 Å². The molecule has 2 aromatic rings. The van der Waals surface area contributed by atoms with E-state index in [0.29, 0.717) is 17.8 Å². The minimum Gasteiger partial charge on any atom is -0.348 e. The lowest BCUT2D eigenvalue weighted by Crippen LogP contribution is -2.25. The molecule has 0 unspecified atom stereocenters. The van der Waals surface area contributed by atoms with Gasteiger partial charge in [-0.2, -0.15) is 5.10 Å². The maximum atomic E-state index is 12.1. The van der Waals surface area contributed by atoms with Crippen molar-refractivity contribution in [3.05, 3.63) is 46.8 Å². The first-order valence-electron chi connectivity index (χ1n) is 5.96. The van der Waals surface area contributed by atoms with Gasteiger partial charge in [0, 0.05) is 17.8 Å². The second-order valence-corrected chi connectivity index (χ2v) is 4.40. The SMILES string of the molecule is Cc1ccc(NN)c(C(=O)NCc2cn[nH]c2C)c1. The zero-order chi connectivity index (χ0) is 13.8. The Hall–Kier alpha value is -2.34. The fraction of sp³-hybridized carbons (Fsp3) is 0.231. The molecule has 19 heavy (non-hydrogen) atoms. The van der Waals surface area contributed by atoms with Crippen molar-refractivity contribution in [2.24, 2.45) is 5.84 Å². The third-order valence-electron chi connectivity index (χ3n) is 2.95. The van der Waals surface area contributed by atoms with E-state index < -0.39 is 0 Å². The molecule has 1 aromatic carbocycles. The molecule has 0 bridgehead atoms. The highest BCUT2D eigenvalue weighted by Crippen LogP contribution is 2.16. The van der Waals surface area contributed by atoms with Crippen LogP contribution in [0.1, 0.15) is 27.2 Å². The summed E-state index contributed by atoms with van der Waals surface area (Å²) in [6, 6.07) is 5.48. The first-order chi connectivity index (χ1) is 9.11. The molecule has 0 atom stereocenters. The van der Waals surface area contributed by atoms with Gasteiger partial charge in [0.15, 0.2) is 0 Å². The number of nitrogens with two attached hydrogens (primary N) is 1. The van der Waals surface area contributed by atoms with Gasteiger partial charge in [-0.1, -0.05) is 11.6 Å². The van der Waals surface area contributed by atoms with E-state index >= 15 is 0 Å². The molecule has 1 aromatic heterocycles. The Morgan fingerprint density at radius 3 is 2.84 bits per heavy atom. The number of amides is 1. The number of benzene rings is 1. The van der Waals surface area contributed by atoms with Crippen LogP contribution >= 0.6 is 0 Å². The third kappa shape index (κ3) is 2.92. The molecule has 0 fully saturated rings. The number of aryl methyl sites for hydroxylation is 2. The number of nitrogen functional groups attached to an aromatic ring is 1. The molecule has 6 nitrogen and oxygen atoms in total. The molecule has 2 rings (SSSR count). The van der Waals surface area contributed by atoms with E-state index in [1.54, 1.807) is 18.3 Å². The van der Waals surface area contributed by atoms with Gasteiger partial charge in [-0.15, -0.1) is 0 Å². The standard InChI is InChI=1S/C13H17N5O/c1-8-3-4-12(17-14)11(5-8)13(19)15-6-10-7-16-18-9(10)2/h3-5,7,17H,6,14H2,1-2H3,(H,15,19)(H,16,18). The maximum absolute atomic E-state index is 12.1. The second-order valence-electron chi connectivity index (χ2n) is 4.40. The van der Waals surface area contributed by atoms with Crippen LogP contribution < -0.4 is 16.6 Å². The van der Waals surface area contributed by atoms with Crippen LogP contribution in [-0.2, 0) is 6.54 Å². The Morgan fingerprint density at radius 2 is 2.21 bits per heavy atom. The van der Waals surface area contributed by atoms with Crippen LogP contribution in [0.5, 0.6) is 0 Å². The van der Waals surface area contributed by atoms with E-state index in [4.69, 9.17) is 5.84 Å². The van der Waals surface area contributed by atoms with Crippen LogP contribution in [0.4, 0.5) is 5.69 Å². The lowest BCUT2D eigenvalue weighted by Gasteiger charge is -2.10. The molecule has 0 spiro atoms. The summed E-state index contributed by atoms with van der Waals surface area (Å²) >= 11 is 0. The average molecular weight is 259 g/mol. The summed E-state index contributed by atoms with van der Waals surface area (Å²) in [7, 11) is 0. The molecule has 1 amide bonds. The van der Waals surface area contributed by atoms with Gasteiger partial charge in [-0.3, -0.25) is 15.7 Å². The highest BCUT2D eigenvalue weighted by atomic mass is 16.1. The van der Waals surface area contributed by atoms with Crippen molar-refractivity contribution in [1.82, 2.24) is 15.5 Å². The number of aromatic nitrogens is 2. The number of anilines is 1. The monoisotopic (exact) mass is 259 g/mol. The molecule has 6 heteroatoms. The van der Waals surface area contributed by atoms with E-state index in [1.165, 1.54) is 0 Å².